The Morgan fingerprint density at radius 3 is 2.59 bits per heavy atom. The fourth-order valence-corrected chi connectivity index (χ4v) is 4.66. The van der Waals surface area contributed by atoms with Gasteiger partial charge in [-0.25, -0.2) is 4.39 Å². The number of amides is 2. The highest BCUT2D eigenvalue weighted by Gasteiger charge is 2.35. The van der Waals surface area contributed by atoms with Crippen LogP contribution in [0.3, 0.4) is 0 Å². The van der Waals surface area contributed by atoms with Crippen molar-refractivity contribution in [3.8, 4) is 11.5 Å². The van der Waals surface area contributed by atoms with Crippen LogP contribution in [0.5, 0.6) is 11.5 Å². The van der Waals surface area contributed by atoms with E-state index in [9.17, 15) is 14.0 Å². The van der Waals surface area contributed by atoms with Gasteiger partial charge in [0.25, 0.3) is 11.1 Å². The van der Waals surface area contributed by atoms with Gasteiger partial charge in [-0.1, -0.05) is 52.3 Å². The fraction of sp³-hybridized carbons (Fsp3) is 0.154. The minimum Gasteiger partial charge on any atom is -0.490 e. The molecule has 0 unspecified atom stereocenters. The molecule has 1 aliphatic heterocycles. The van der Waals surface area contributed by atoms with Crippen molar-refractivity contribution in [2.24, 2.45) is 0 Å². The first-order valence-electron chi connectivity index (χ1n) is 10.6. The Kier molecular flexibility index (Phi) is 7.70. The molecule has 3 aromatic rings. The van der Waals surface area contributed by atoms with Gasteiger partial charge in [0.15, 0.2) is 11.5 Å². The molecule has 2 amide bonds. The van der Waals surface area contributed by atoms with Gasteiger partial charge in [0.05, 0.1) is 18.1 Å². The molecule has 1 saturated heterocycles. The SMILES string of the molecule is CCOc1cc(/C=C2/SC(=O)N(Cc3cccc(Br)c3)C2=O)ccc1OCc1ccccc1F. The zero-order chi connectivity index (χ0) is 24.1. The highest BCUT2D eigenvalue weighted by molar-refractivity contribution is 9.10. The normalized spacial score (nSPS) is 14.7. The van der Waals surface area contributed by atoms with Crippen molar-refractivity contribution in [3.05, 3.63) is 98.6 Å². The predicted molar refractivity (Wildman–Crippen MR) is 134 cm³/mol. The molecule has 0 atom stereocenters. The summed E-state index contributed by atoms with van der Waals surface area (Å²) < 4.78 is 26.3. The van der Waals surface area contributed by atoms with Crippen molar-refractivity contribution >= 4 is 44.9 Å². The van der Waals surface area contributed by atoms with E-state index in [1.54, 1.807) is 42.5 Å². The lowest BCUT2D eigenvalue weighted by Crippen LogP contribution is -2.27. The van der Waals surface area contributed by atoms with Gasteiger partial charge < -0.3 is 9.47 Å². The molecule has 4 rings (SSSR count). The van der Waals surface area contributed by atoms with Crippen LogP contribution in [0.1, 0.15) is 23.6 Å². The van der Waals surface area contributed by atoms with Crippen LogP contribution < -0.4 is 9.47 Å². The molecule has 0 aromatic heterocycles. The highest BCUT2D eigenvalue weighted by atomic mass is 79.9. The number of hydrogen-bond donors (Lipinski definition) is 0. The third kappa shape index (κ3) is 5.69. The number of rotatable bonds is 8. The lowest BCUT2D eigenvalue weighted by molar-refractivity contribution is -0.123. The molecule has 1 fully saturated rings. The van der Waals surface area contributed by atoms with Crippen molar-refractivity contribution in [1.29, 1.82) is 0 Å². The van der Waals surface area contributed by atoms with Crippen molar-refractivity contribution in [2.75, 3.05) is 6.61 Å². The molecule has 0 saturated carbocycles. The third-order valence-electron chi connectivity index (χ3n) is 5.01. The van der Waals surface area contributed by atoms with Crippen LogP contribution >= 0.6 is 27.7 Å². The maximum absolute atomic E-state index is 13.9. The number of carbonyl (C=O) groups excluding carboxylic acids is 2. The molecule has 0 radical (unpaired) electrons. The number of imide groups is 1. The zero-order valence-electron chi connectivity index (χ0n) is 18.3. The van der Waals surface area contributed by atoms with E-state index >= 15 is 0 Å². The largest absolute Gasteiger partial charge is 0.490 e. The molecule has 1 heterocycles. The van der Waals surface area contributed by atoms with E-state index in [1.807, 2.05) is 31.2 Å². The molecule has 0 spiro atoms. The van der Waals surface area contributed by atoms with Crippen molar-refractivity contribution < 1.29 is 23.5 Å². The molecule has 0 bridgehead atoms. The number of nitrogens with zero attached hydrogens (tertiary/aromatic N) is 1. The van der Waals surface area contributed by atoms with Crippen LogP contribution in [0, 0.1) is 5.82 Å². The van der Waals surface area contributed by atoms with E-state index in [0.717, 1.165) is 21.8 Å². The molecule has 3 aromatic carbocycles. The first-order chi connectivity index (χ1) is 16.4. The summed E-state index contributed by atoms with van der Waals surface area (Å²) >= 11 is 4.31. The van der Waals surface area contributed by atoms with E-state index in [1.165, 1.54) is 11.0 Å². The van der Waals surface area contributed by atoms with Crippen molar-refractivity contribution in [3.63, 3.8) is 0 Å². The summed E-state index contributed by atoms with van der Waals surface area (Å²) in [5.74, 6) is 0.259. The Hall–Kier alpha value is -3.10. The predicted octanol–water partition coefficient (Wildman–Crippen LogP) is 6.80. The van der Waals surface area contributed by atoms with E-state index in [-0.39, 0.29) is 30.1 Å². The fourth-order valence-electron chi connectivity index (χ4n) is 3.38. The van der Waals surface area contributed by atoms with Crippen LogP contribution in [0.15, 0.2) is 76.1 Å². The van der Waals surface area contributed by atoms with Crippen LogP contribution in [0.25, 0.3) is 6.08 Å². The Labute approximate surface area is 209 Å². The average Bonchev–Trinajstić information content (AvgIpc) is 3.07. The van der Waals surface area contributed by atoms with Gasteiger partial charge in [-0.2, -0.15) is 0 Å². The van der Waals surface area contributed by atoms with Crippen LogP contribution in [0.2, 0.25) is 0 Å². The lowest BCUT2D eigenvalue weighted by atomic mass is 10.1. The molecule has 8 heteroatoms. The molecule has 174 valence electrons. The summed E-state index contributed by atoms with van der Waals surface area (Å²) in [5.41, 5.74) is 1.98. The number of carbonyl (C=O) groups is 2. The van der Waals surface area contributed by atoms with Gasteiger partial charge in [0.1, 0.15) is 12.4 Å². The number of hydrogen-bond acceptors (Lipinski definition) is 5. The van der Waals surface area contributed by atoms with Crippen molar-refractivity contribution in [1.82, 2.24) is 4.90 Å². The summed E-state index contributed by atoms with van der Waals surface area (Å²) in [4.78, 5) is 26.9. The van der Waals surface area contributed by atoms with Crippen LogP contribution in [0.4, 0.5) is 9.18 Å². The average molecular weight is 542 g/mol. The topological polar surface area (TPSA) is 55.8 Å². The number of halogens is 2. The first-order valence-corrected chi connectivity index (χ1v) is 12.2. The van der Waals surface area contributed by atoms with E-state index in [0.29, 0.717) is 34.1 Å². The maximum Gasteiger partial charge on any atom is 0.293 e. The Morgan fingerprint density at radius 1 is 1.00 bits per heavy atom. The minimum atomic E-state index is -0.340. The maximum atomic E-state index is 13.9. The molecule has 0 aliphatic carbocycles. The first kappa shape index (κ1) is 24.0. The molecule has 34 heavy (non-hydrogen) atoms. The van der Waals surface area contributed by atoms with Gasteiger partial charge in [0.2, 0.25) is 0 Å². The zero-order valence-corrected chi connectivity index (χ0v) is 20.7. The second kappa shape index (κ2) is 10.9. The lowest BCUT2D eigenvalue weighted by Gasteiger charge is -2.13. The number of benzene rings is 3. The van der Waals surface area contributed by atoms with E-state index in [4.69, 9.17) is 9.47 Å². The minimum absolute atomic E-state index is 0.0561. The Morgan fingerprint density at radius 2 is 1.82 bits per heavy atom. The van der Waals surface area contributed by atoms with Gasteiger partial charge >= 0.3 is 0 Å². The summed E-state index contributed by atoms with van der Waals surface area (Å²) in [6, 6.07) is 19.1. The standard InChI is InChI=1S/C26H21BrFNO4S/c1-2-32-23-13-17(10-11-22(23)33-16-19-7-3-4-9-21(19)28)14-24-25(30)29(26(31)34-24)15-18-6-5-8-20(27)12-18/h3-14H,2,15-16H2,1H3/b24-14+. The van der Waals surface area contributed by atoms with E-state index < -0.39 is 0 Å². The molecular formula is C26H21BrFNO4S. The third-order valence-corrected chi connectivity index (χ3v) is 6.41. The molecular weight excluding hydrogens is 521 g/mol. The second-order valence-corrected chi connectivity index (χ2v) is 9.33. The Balaban J connectivity index is 1.51. The monoisotopic (exact) mass is 541 g/mol. The van der Waals surface area contributed by atoms with Gasteiger partial charge in [-0.15, -0.1) is 0 Å². The van der Waals surface area contributed by atoms with Crippen molar-refractivity contribution in [2.45, 2.75) is 20.1 Å². The number of thioether (sulfide) groups is 1. The molecule has 0 N–H and O–H groups in total. The van der Waals surface area contributed by atoms with Gasteiger partial charge in [-0.3, -0.25) is 14.5 Å². The quantitative estimate of drug-likeness (QED) is 0.293. The number of ether oxygens (including phenoxy) is 2. The van der Waals surface area contributed by atoms with Gasteiger partial charge in [0, 0.05) is 10.0 Å². The smallest absolute Gasteiger partial charge is 0.293 e. The molecule has 5 nitrogen and oxygen atoms in total. The highest BCUT2D eigenvalue weighted by Crippen LogP contribution is 2.36. The second-order valence-electron chi connectivity index (χ2n) is 7.42. The summed E-state index contributed by atoms with van der Waals surface area (Å²) in [6.07, 6.45) is 1.66. The summed E-state index contributed by atoms with van der Waals surface area (Å²) in [5, 5.41) is -0.314. The summed E-state index contributed by atoms with van der Waals surface area (Å²) in [7, 11) is 0. The summed E-state index contributed by atoms with van der Waals surface area (Å²) in [6.45, 7) is 2.51. The van der Waals surface area contributed by atoms with Gasteiger partial charge in [-0.05, 0) is 66.2 Å². The van der Waals surface area contributed by atoms with Crippen LogP contribution in [-0.4, -0.2) is 22.7 Å². The molecule has 1 aliphatic rings. The van der Waals surface area contributed by atoms with E-state index in [2.05, 4.69) is 15.9 Å². The van der Waals surface area contributed by atoms with Crippen LogP contribution in [-0.2, 0) is 17.9 Å². The Bertz CT molecular complexity index is 1260.